The van der Waals surface area contributed by atoms with E-state index in [1.807, 2.05) is 25.1 Å². The Bertz CT molecular complexity index is 1060. The number of nitrogens with zero attached hydrogens (tertiary/aromatic N) is 4. The second-order valence-electron chi connectivity index (χ2n) is 5.63. The number of hydrogen-bond donors (Lipinski definition) is 3. The summed E-state index contributed by atoms with van der Waals surface area (Å²) in [5.74, 6) is 1.45. The van der Waals surface area contributed by atoms with Gasteiger partial charge >= 0.3 is 0 Å². The predicted molar refractivity (Wildman–Crippen MR) is 92.1 cm³/mol. The van der Waals surface area contributed by atoms with Gasteiger partial charge in [0.25, 0.3) is 5.56 Å². The summed E-state index contributed by atoms with van der Waals surface area (Å²) in [7, 11) is 0. The minimum atomic E-state index is -0.201. The molecule has 0 saturated heterocycles. The third-order valence-electron chi connectivity index (χ3n) is 4.02. The maximum absolute atomic E-state index is 11.9. The SMILES string of the molecule is Cc1nc2ccccc2n1CCCNc1nc2[nH]ncc2c(=O)[nH]1. The van der Waals surface area contributed by atoms with Crippen molar-refractivity contribution in [2.24, 2.45) is 0 Å². The number of H-pyrrole nitrogens is 2. The summed E-state index contributed by atoms with van der Waals surface area (Å²) in [6.45, 7) is 3.54. The number of rotatable bonds is 5. The molecule has 4 rings (SSSR count). The van der Waals surface area contributed by atoms with Gasteiger partial charge in [-0.1, -0.05) is 12.1 Å². The summed E-state index contributed by atoms with van der Waals surface area (Å²) in [4.78, 5) is 23.4. The van der Waals surface area contributed by atoms with Crippen LogP contribution in [0, 0.1) is 6.92 Å². The lowest BCUT2D eigenvalue weighted by molar-refractivity contribution is 0.657. The van der Waals surface area contributed by atoms with Crippen LogP contribution in [0.2, 0.25) is 0 Å². The molecule has 3 aromatic heterocycles. The zero-order valence-electron chi connectivity index (χ0n) is 13.2. The first kappa shape index (κ1) is 14.4. The zero-order chi connectivity index (χ0) is 16.5. The number of nitrogens with one attached hydrogen (secondary N) is 3. The van der Waals surface area contributed by atoms with Crippen molar-refractivity contribution in [3.8, 4) is 0 Å². The standard InChI is InChI=1S/C16H17N7O/c1-10-19-12-5-2-3-6-13(12)23(10)8-4-7-17-16-20-14-11(9-18-22-14)15(24)21-16/h2-3,5-6,9H,4,7-8H2,1H3,(H3,17,18,20,21,22,24). The van der Waals surface area contributed by atoms with Crippen LogP contribution in [-0.2, 0) is 6.54 Å². The Morgan fingerprint density at radius 2 is 2.12 bits per heavy atom. The molecule has 1 aromatic carbocycles. The summed E-state index contributed by atoms with van der Waals surface area (Å²) in [6, 6.07) is 8.11. The molecule has 0 fully saturated rings. The fourth-order valence-corrected chi connectivity index (χ4v) is 2.85. The Labute approximate surface area is 136 Å². The van der Waals surface area contributed by atoms with Crippen LogP contribution in [0.15, 0.2) is 35.3 Å². The third-order valence-corrected chi connectivity index (χ3v) is 4.02. The molecule has 0 bridgehead atoms. The second kappa shape index (κ2) is 5.80. The van der Waals surface area contributed by atoms with Crippen molar-refractivity contribution in [2.45, 2.75) is 19.9 Å². The van der Waals surface area contributed by atoms with E-state index < -0.39 is 0 Å². The first-order chi connectivity index (χ1) is 11.7. The molecular formula is C16H17N7O. The van der Waals surface area contributed by atoms with E-state index in [9.17, 15) is 4.79 Å². The average molecular weight is 323 g/mol. The molecule has 3 N–H and O–H groups in total. The molecule has 0 amide bonds. The molecular weight excluding hydrogens is 306 g/mol. The minimum Gasteiger partial charge on any atom is -0.356 e. The van der Waals surface area contributed by atoms with Crippen molar-refractivity contribution >= 4 is 28.0 Å². The monoisotopic (exact) mass is 323 g/mol. The second-order valence-corrected chi connectivity index (χ2v) is 5.63. The number of imidazole rings is 1. The fraction of sp³-hybridized carbons (Fsp3) is 0.250. The highest BCUT2D eigenvalue weighted by Crippen LogP contribution is 2.15. The largest absolute Gasteiger partial charge is 0.356 e. The maximum atomic E-state index is 11.9. The van der Waals surface area contributed by atoms with Gasteiger partial charge in [0.2, 0.25) is 5.95 Å². The van der Waals surface area contributed by atoms with E-state index in [1.165, 1.54) is 6.20 Å². The number of hydrogen-bond acceptors (Lipinski definition) is 5. The summed E-state index contributed by atoms with van der Waals surface area (Å²) >= 11 is 0. The van der Waals surface area contributed by atoms with Gasteiger partial charge in [0.15, 0.2) is 5.65 Å². The number of para-hydroxylation sites is 2. The third kappa shape index (κ3) is 2.51. The average Bonchev–Trinajstić information content (AvgIpc) is 3.16. The van der Waals surface area contributed by atoms with E-state index >= 15 is 0 Å². The number of aryl methyl sites for hydroxylation is 2. The van der Waals surface area contributed by atoms with Crippen LogP contribution >= 0.6 is 0 Å². The predicted octanol–water partition coefficient (Wildman–Crippen LogP) is 1.81. The van der Waals surface area contributed by atoms with Gasteiger partial charge in [-0.05, 0) is 25.5 Å². The molecule has 0 aliphatic rings. The Morgan fingerprint density at radius 1 is 1.25 bits per heavy atom. The van der Waals surface area contributed by atoms with E-state index in [0.717, 1.165) is 29.8 Å². The molecule has 8 heteroatoms. The van der Waals surface area contributed by atoms with Gasteiger partial charge < -0.3 is 9.88 Å². The Kier molecular flexibility index (Phi) is 3.49. The Balaban J connectivity index is 1.43. The summed E-state index contributed by atoms with van der Waals surface area (Å²) < 4.78 is 2.20. The molecule has 0 saturated carbocycles. The van der Waals surface area contributed by atoms with Gasteiger partial charge in [0.1, 0.15) is 11.2 Å². The smallest absolute Gasteiger partial charge is 0.263 e. The highest BCUT2D eigenvalue weighted by Gasteiger charge is 2.07. The Hall–Kier alpha value is -3.16. The molecule has 122 valence electrons. The van der Waals surface area contributed by atoms with E-state index in [0.29, 0.717) is 23.5 Å². The number of benzene rings is 1. The van der Waals surface area contributed by atoms with E-state index in [-0.39, 0.29) is 5.56 Å². The van der Waals surface area contributed by atoms with Crippen LogP contribution in [0.3, 0.4) is 0 Å². The normalized spacial score (nSPS) is 11.4. The van der Waals surface area contributed by atoms with Crippen LogP contribution in [0.1, 0.15) is 12.2 Å². The fourth-order valence-electron chi connectivity index (χ4n) is 2.85. The van der Waals surface area contributed by atoms with Crippen LogP contribution in [0.25, 0.3) is 22.1 Å². The zero-order valence-corrected chi connectivity index (χ0v) is 13.2. The van der Waals surface area contributed by atoms with Gasteiger partial charge in [0, 0.05) is 13.1 Å². The quantitative estimate of drug-likeness (QED) is 0.486. The van der Waals surface area contributed by atoms with Crippen LogP contribution < -0.4 is 10.9 Å². The van der Waals surface area contributed by atoms with E-state index in [4.69, 9.17) is 0 Å². The molecule has 0 aliphatic carbocycles. The molecule has 0 unspecified atom stereocenters. The summed E-state index contributed by atoms with van der Waals surface area (Å²) in [5.41, 5.74) is 2.43. The highest BCUT2D eigenvalue weighted by atomic mass is 16.1. The molecule has 0 spiro atoms. The van der Waals surface area contributed by atoms with Gasteiger partial charge in [-0.3, -0.25) is 14.9 Å². The number of fused-ring (bicyclic) bond motifs is 2. The van der Waals surface area contributed by atoms with Crippen LogP contribution in [-0.4, -0.2) is 36.3 Å². The summed E-state index contributed by atoms with van der Waals surface area (Å²) in [5, 5.41) is 10.1. The van der Waals surface area contributed by atoms with E-state index in [2.05, 4.69) is 41.1 Å². The molecule has 3 heterocycles. The molecule has 0 atom stereocenters. The lowest BCUT2D eigenvalue weighted by Crippen LogP contribution is -2.14. The van der Waals surface area contributed by atoms with Gasteiger partial charge in [-0.15, -0.1) is 0 Å². The first-order valence-corrected chi connectivity index (χ1v) is 7.81. The molecule has 24 heavy (non-hydrogen) atoms. The van der Waals surface area contributed by atoms with Gasteiger partial charge in [0.05, 0.1) is 17.2 Å². The van der Waals surface area contributed by atoms with Crippen LogP contribution in [0.5, 0.6) is 0 Å². The number of aromatic nitrogens is 6. The van der Waals surface area contributed by atoms with E-state index in [1.54, 1.807) is 0 Å². The van der Waals surface area contributed by atoms with Crippen LogP contribution in [0.4, 0.5) is 5.95 Å². The van der Waals surface area contributed by atoms with Crippen molar-refractivity contribution in [3.05, 3.63) is 46.6 Å². The number of aromatic amines is 2. The van der Waals surface area contributed by atoms with Gasteiger partial charge in [-0.25, -0.2) is 4.98 Å². The molecule has 8 nitrogen and oxygen atoms in total. The van der Waals surface area contributed by atoms with Crippen molar-refractivity contribution in [1.29, 1.82) is 0 Å². The van der Waals surface area contributed by atoms with Crippen molar-refractivity contribution in [2.75, 3.05) is 11.9 Å². The van der Waals surface area contributed by atoms with Crippen molar-refractivity contribution in [1.82, 2.24) is 29.7 Å². The first-order valence-electron chi connectivity index (χ1n) is 7.81. The lowest BCUT2D eigenvalue weighted by atomic mass is 10.3. The topological polar surface area (TPSA) is 104 Å². The van der Waals surface area contributed by atoms with Crippen molar-refractivity contribution < 1.29 is 0 Å². The molecule has 0 aliphatic heterocycles. The Morgan fingerprint density at radius 3 is 3.04 bits per heavy atom. The summed E-state index contributed by atoms with van der Waals surface area (Å²) in [6.07, 6.45) is 2.35. The molecule has 0 radical (unpaired) electrons. The number of anilines is 1. The highest BCUT2D eigenvalue weighted by molar-refractivity contribution is 5.75. The van der Waals surface area contributed by atoms with Gasteiger partial charge in [-0.2, -0.15) is 10.1 Å². The maximum Gasteiger partial charge on any atom is 0.263 e. The van der Waals surface area contributed by atoms with Crippen molar-refractivity contribution in [3.63, 3.8) is 0 Å². The minimum absolute atomic E-state index is 0.201. The molecule has 4 aromatic rings. The lowest BCUT2D eigenvalue weighted by Gasteiger charge is -2.08.